The number of fused-ring (bicyclic) bond motifs is 1. The highest BCUT2D eigenvalue weighted by molar-refractivity contribution is 5.94. The standard InChI is InChI=1S/C24H23N3O4/c1-14-8-17(15(2)26-19-7-5-4-6-16(19)23(29)30)22-18(9-14)20(28)10-21(31-22)27-12-24(3,11-25)13-27/h4-10,15,26H,12-13H2,1-3H3,(H,29,30)/t15-/m1/s1. The van der Waals surface area contributed by atoms with Gasteiger partial charge in [-0.25, -0.2) is 4.79 Å². The minimum Gasteiger partial charge on any atom is -0.478 e. The van der Waals surface area contributed by atoms with Gasteiger partial charge in [-0.2, -0.15) is 5.26 Å². The molecule has 0 radical (unpaired) electrons. The summed E-state index contributed by atoms with van der Waals surface area (Å²) in [7, 11) is 0. The molecule has 0 unspecified atom stereocenters. The minimum atomic E-state index is -1.02. The third-order valence-electron chi connectivity index (χ3n) is 5.65. The lowest BCUT2D eigenvalue weighted by molar-refractivity contribution is 0.0698. The molecule has 4 rings (SSSR count). The number of nitriles is 1. The molecule has 2 aromatic carbocycles. The molecule has 1 aromatic heterocycles. The Labute approximate surface area is 179 Å². The molecular weight excluding hydrogens is 394 g/mol. The number of rotatable bonds is 5. The molecule has 0 aliphatic carbocycles. The number of aryl methyl sites for hydroxylation is 1. The molecule has 0 bridgehead atoms. The van der Waals surface area contributed by atoms with Crippen LogP contribution in [0.15, 0.2) is 51.7 Å². The normalized spacial score (nSPS) is 15.7. The van der Waals surface area contributed by atoms with E-state index in [0.29, 0.717) is 35.6 Å². The molecule has 1 aliphatic rings. The Morgan fingerprint density at radius 2 is 2.00 bits per heavy atom. The molecule has 1 atom stereocenters. The number of carboxylic acid groups (broad SMARTS) is 1. The maximum absolute atomic E-state index is 12.9. The van der Waals surface area contributed by atoms with Gasteiger partial charge in [-0.05, 0) is 44.5 Å². The van der Waals surface area contributed by atoms with E-state index in [2.05, 4.69) is 11.4 Å². The van der Waals surface area contributed by atoms with Gasteiger partial charge in [0.25, 0.3) is 0 Å². The third-order valence-corrected chi connectivity index (χ3v) is 5.65. The largest absolute Gasteiger partial charge is 0.478 e. The van der Waals surface area contributed by atoms with Gasteiger partial charge in [0.15, 0.2) is 11.3 Å². The van der Waals surface area contributed by atoms with Crippen LogP contribution in [0.25, 0.3) is 11.0 Å². The summed E-state index contributed by atoms with van der Waals surface area (Å²) in [6, 6.07) is 13.9. The smallest absolute Gasteiger partial charge is 0.337 e. The molecule has 1 saturated heterocycles. The average Bonchev–Trinajstić information content (AvgIpc) is 2.71. The first-order valence-electron chi connectivity index (χ1n) is 10.0. The molecule has 2 N–H and O–H groups in total. The monoisotopic (exact) mass is 417 g/mol. The van der Waals surface area contributed by atoms with E-state index in [1.54, 1.807) is 30.3 Å². The molecule has 7 nitrogen and oxygen atoms in total. The molecule has 1 aliphatic heterocycles. The van der Waals surface area contributed by atoms with Crippen LogP contribution >= 0.6 is 0 Å². The number of para-hydroxylation sites is 1. The van der Waals surface area contributed by atoms with Crippen LogP contribution in [0.5, 0.6) is 0 Å². The second-order valence-corrected chi connectivity index (χ2v) is 8.43. The first-order chi connectivity index (χ1) is 14.7. The molecule has 158 valence electrons. The Morgan fingerprint density at radius 3 is 2.68 bits per heavy atom. The summed E-state index contributed by atoms with van der Waals surface area (Å²) in [6.45, 7) is 6.68. The predicted molar refractivity (Wildman–Crippen MR) is 119 cm³/mol. The van der Waals surface area contributed by atoms with E-state index in [1.165, 1.54) is 6.07 Å². The molecule has 1 fully saturated rings. The van der Waals surface area contributed by atoms with Gasteiger partial charge in [-0.1, -0.05) is 18.2 Å². The second-order valence-electron chi connectivity index (χ2n) is 8.43. The first-order valence-corrected chi connectivity index (χ1v) is 10.0. The maximum atomic E-state index is 12.9. The van der Waals surface area contributed by atoms with Gasteiger partial charge in [-0.15, -0.1) is 0 Å². The highest BCUT2D eigenvalue weighted by atomic mass is 16.4. The summed E-state index contributed by atoms with van der Waals surface area (Å²) in [6.07, 6.45) is 0. The third kappa shape index (κ3) is 3.73. The lowest BCUT2D eigenvalue weighted by atomic mass is 9.84. The van der Waals surface area contributed by atoms with Gasteiger partial charge in [0.1, 0.15) is 5.58 Å². The number of benzene rings is 2. The first kappa shape index (κ1) is 20.5. The van der Waals surface area contributed by atoms with Crippen LogP contribution in [0.4, 0.5) is 11.6 Å². The number of nitrogens with one attached hydrogen (secondary N) is 1. The summed E-state index contributed by atoms with van der Waals surface area (Å²) in [5, 5.41) is 22.5. The van der Waals surface area contributed by atoms with Crippen molar-refractivity contribution < 1.29 is 14.3 Å². The number of carboxylic acids is 1. The van der Waals surface area contributed by atoms with Crippen LogP contribution in [-0.2, 0) is 0 Å². The predicted octanol–water partition coefficient (Wildman–Crippen LogP) is 4.32. The summed E-state index contributed by atoms with van der Waals surface area (Å²) in [5.74, 6) is -0.579. The van der Waals surface area contributed by atoms with Crippen molar-refractivity contribution >= 4 is 28.5 Å². The minimum absolute atomic E-state index is 0.148. The van der Waals surface area contributed by atoms with Gasteiger partial charge in [-0.3, -0.25) is 4.79 Å². The van der Waals surface area contributed by atoms with Crippen LogP contribution in [0.3, 0.4) is 0 Å². The molecule has 31 heavy (non-hydrogen) atoms. The zero-order chi connectivity index (χ0) is 22.3. The van der Waals surface area contributed by atoms with Gasteiger partial charge >= 0.3 is 5.97 Å². The van der Waals surface area contributed by atoms with Crippen molar-refractivity contribution in [3.8, 4) is 6.07 Å². The SMILES string of the molecule is Cc1cc([C@@H](C)Nc2ccccc2C(=O)O)c2oc(N3CC(C)(C#N)C3)cc(=O)c2c1. The van der Waals surface area contributed by atoms with E-state index in [0.717, 1.165) is 11.1 Å². The van der Waals surface area contributed by atoms with Gasteiger partial charge in [0.05, 0.1) is 28.5 Å². The molecule has 7 heteroatoms. The van der Waals surface area contributed by atoms with Crippen LogP contribution in [-0.4, -0.2) is 24.2 Å². The van der Waals surface area contributed by atoms with E-state index in [-0.39, 0.29) is 17.0 Å². The highest BCUT2D eigenvalue weighted by Gasteiger charge is 2.40. The van der Waals surface area contributed by atoms with E-state index in [1.807, 2.05) is 31.7 Å². The number of hydrogen-bond acceptors (Lipinski definition) is 6. The van der Waals surface area contributed by atoms with Crippen molar-refractivity contribution in [3.05, 3.63) is 69.4 Å². The Kier molecular flexibility index (Phi) is 4.94. The van der Waals surface area contributed by atoms with Crippen molar-refractivity contribution in [2.75, 3.05) is 23.3 Å². The summed E-state index contributed by atoms with van der Waals surface area (Å²) < 4.78 is 6.17. The average molecular weight is 417 g/mol. The van der Waals surface area contributed by atoms with Crippen LogP contribution in [0.1, 0.15) is 41.4 Å². The Hall–Kier alpha value is -3.79. The van der Waals surface area contributed by atoms with Crippen LogP contribution in [0, 0.1) is 23.7 Å². The lowest BCUT2D eigenvalue weighted by Crippen LogP contribution is -2.54. The summed E-state index contributed by atoms with van der Waals surface area (Å²) >= 11 is 0. The van der Waals surface area contributed by atoms with Crippen LogP contribution < -0.4 is 15.6 Å². The Morgan fingerprint density at radius 1 is 1.29 bits per heavy atom. The van der Waals surface area contributed by atoms with E-state index in [4.69, 9.17) is 4.42 Å². The highest BCUT2D eigenvalue weighted by Crippen LogP contribution is 2.36. The van der Waals surface area contributed by atoms with Gasteiger partial charge < -0.3 is 19.7 Å². The molecule has 0 spiro atoms. The van der Waals surface area contributed by atoms with Crippen molar-refractivity contribution in [2.24, 2.45) is 5.41 Å². The molecule has 2 heterocycles. The summed E-state index contributed by atoms with van der Waals surface area (Å²) in [4.78, 5) is 26.3. The summed E-state index contributed by atoms with van der Waals surface area (Å²) in [5.41, 5.74) is 2.20. The zero-order valence-electron chi connectivity index (χ0n) is 17.6. The zero-order valence-corrected chi connectivity index (χ0v) is 17.6. The van der Waals surface area contributed by atoms with Crippen molar-refractivity contribution in [1.29, 1.82) is 5.26 Å². The fourth-order valence-corrected chi connectivity index (χ4v) is 4.03. The lowest BCUT2D eigenvalue weighted by Gasteiger charge is -2.43. The van der Waals surface area contributed by atoms with Gasteiger partial charge in [0, 0.05) is 30.4 Å². The topological polar surface area (TPSA) is 107 Å². The molecule has 3 aromatic rings. The van der Waals surface area contributed by atoms with E-state index < -0.39 is 11.4 Å². The van der Waals surface area contributed by atoms with E-state index in [9.17, 15) is 20.0 Å². The number of aromatic carboxylic acids is 1. The number of nitrogens with zero attached hydrogens (tertiary/aromatic N) is 2. The van der Waals surface area contributed by atoms with Crippen molar-refractivity contribution in [2.45, 2.75) is 26.8 Å². The number of hydrogen-bond donors (Lipinski definition) is 2. The fraction of sp³-hybridized carbons (Fsp3) is 0.292. The van der Waals surface area contributed by atoms with Crippen molar-refractivity contribution in [3.63, 3.8) is 0 Å². The van der Waals surface area contributed by atoms with Crippen molar-refractivity contribution in [1.82, 2.24) is 0 Å². The van der Waals surface area contributed by atoms with E-state index >= 15 is 0 Å². The van der Waals surface area contributed by atoms with Crippen LogP contribution in [0.2, 0.25) is 0 Å². The quantitative estimate of drug-likeness (QED) is 0.636. The Balaban J connectivity index is 1.76. The number of carbonyl (C=O) groups is 1. The molecule has 0 amide bonds. The second kappa shape index (κ2) is 7.47. The van der Waals surface area contributed by atoms with Gasteiger partial charge in [0.2, 0.25) is 0 Å². The molecular formula is C24H23N3O4. The molecule has 0 saturated carbocycles. The fourth-order valence-electron chi connectivity index (χ4n) is 4.03. The Bertz CT molecular complexity index is 1280. The maximum Gasteiger partial charge on any atom is 0.337 e. The number of anilines is 2.